The number of likely N-dealkylation sites (tertiary alicyclic amines) is 1. The van der Waals surface area contributed by atoms with Gasteiger partial charge in [-0.05, 0) is 42.7 Å². The lowest BCUT2D eigenvalue weighted by Gasteiger charge is -2.30. The van der Waals surface area contributed by atoms with E-state index in [1.54, 1.807) is 0 Å². The average Bonchev–Trinajstić information content (AvgIpc) is 3.06. The van der Waals surface area contributed by atoms with Gasteiger partial charge in [0.05, 0.1) is 6.54 Å². The Morgan fingerprint density at radius 3 is 3.14 bits per heavy atom. The van der Waals surface area contributed by atoms with Crippen LogP contribution >= 0.6 is 11.3 Å². The van der Waals surface area contributed by atoms with E-state index in [0.29, 0.717) is 24.5 Å². The van der Waals surface area contributed by atoms with Crippen molar-refractivity contribution in [3.05, 3.63) is 21.9 Å². The van der Waals surface area contributed by atoms with Crippen molar-refractivity contribution in [1.82, 2.24) is 15.1 Å². The zero-order valence-corrected chi connectivity index (χ0v) is 13.2. The summed E-state index contributed by atoms with van der Waals surface area (Å²) < 4.78 is 0. The molecule has 2 unspecified atom stereocenters. The summed E-state index contributed by atoms with van der Waals surface area (Å²) in [7, 11) is 0. The normalized spacial score (nSPS) is 29.2. The number of fused-ring (bicyclic) bond motifs is 3. The van der Waals surface area contributed by atoms with E-state index < -0.39 is 0 Å². The van der Waals surface area contributed by atoms with E-state index in [2.05, 4.69) is 21.7 Å². The number of nitrogens with one attached hydrogen (secondary N) is 1. The van der Waals surface area contributed by atoms with Crippen LogP contribution in [-0.4, -0.2) is 54.0 Å². The smallest absolute Gasteiger partial charge is 0.237 e. The van der Waals surface area contributed by atoms with Gasteiger partial charge in [0.25, 0.3) is 0 Å². The Bertz CT molecular complexity index is 529. The summed E-state index contributed by atoms with van der Waals surface area (Å²) in [5, 5.41) is 5.83. The maximum Gasteiger partial charge on any atom is 0.237 e. The molecule has 5 heteroatoms. The van der Waals surface area contributed by atoms with Crippen LogP contribution in [0.25, 0.3) is 0 Å². The molecule has 2 atom stereocenters. The highest BCUT2D eigenvalue weighted by Crippen LogP contribution is 2.24. The second-order valence-electron chi connectivity index (χ2n) is 6.60. The first kappa shape index (κ1) is 13.7. The van der Waals surface area contributed by atoms with Crippen LogP contribution in [0.15, 0.2) is 11.4 Å². The molecule has 2 fully saturated rings. The number of hydrogen-bond acceptors (Lipinski definition) is 4. The quantitative estimate of drug-likeness (QED) is 0.898. The summed E-state index contributed by atoms with van der Waals surface area (Å²) in [5.41, 5.74) is 1.36. The maximum atomic E-state index is 12.6. The van der Waals surface area contributed by atoms with Crippen LogP contribution in [0.1, 0.15) is 29.7 Å². The second-order valence-corrected chi connectivity index (χ2v) is 7.60. The van der Waals surface area contributed by atoms with Crippen LogP contribution in [0.3, 0.4) is 0 Å². The van der Waals surface area contributed by atoms with Gasteiger partial charge in [-0.15, -0.1) is 11.3 Å². The summed E-state index contributed by atoms with van der Waals surface area (Å²) in [6.07, 6.45) is 4.82. The summed E-state index contributed by atoms with van der Waals surface area (Å²) in [4.78, 5) is 18.5. The predicted molar refractivity (Wildman–Crippen MR) is 84.4 cm³/mol. The summed E-state index contributed by atoms with van der Waals surface area (Å²) in [5.74, 6) is 0.310. The Balaban J connectivity index is 1.36. The molecule has 4 rings (SSSR count). The van der Waals surface area contributed by atoms with E-state index >= 15 is 0 Å². The molecule has 0 aliphatic carbocycles. The molecular formula is C16H23N3OS. The van der Waals surface area contributed by atoms with Crippen LogP contribution < -0.4 is 5.32 Å². The Labute approximate surface area is 130 Å². The topological polar surface area (TPSA) is 35.6 Å². The number of amides is 1. The van der Waals surface area contributed by atoms with Gasteiger partial charge in [0.2, 0.25) is 5.91 Å². The van der Waals surface area contributed by atoms with Crippen LogP contribution in [0.2, 0.25) is 0 Å². The van der Waals surface area contributed by atoms with Crippen LogP contribution in [0, 0.1) is 0 Å². The van der Waals surface area contributed by atoms with Crippen LogP contribution in [0.5, 0.6) is 0 Å². The SMILES string of the molecule is O=C(CN1CCC2CCC(C1)N2)N1CCc2sccc2C1. The fourth-order valence-electron chi connectivity index (χ4n) is 3.91. The molecule has 3 aliphatic rings. The number of rotatable bonds is 2. The number of carbonyl (C=O) groups is 1. The molecule has 0 radical (unpaired) electrons. The fraction of sp³-hybridized carbons (Fsp3) is 0.688. The van der Waals surface area contributed by atoms with Crippen molar-refractivity contribution in [1.29, 1.82) is 0 Å². The highest BCUT2D eigenvalue weighted by Gasteiger charge is 2.31. The van der Waals surface area contributed by atoms with Gasteiger partial charge in [0.1, 0.15) is 0 Å². The van der Waals surface area contributed by atoms with Gasteiger partial charge in [-0.1, -0.05) is 0 Å². The van der Waals surface area contributed by atoms with Crippen LogP contribution in [-0.2, 0) is 17.8 Å². The van der Waals surface area contributed by atoms with Crippen LogP contribution in [0.4, 0.5) is 0 Å². The Hall–Kier alpha value is -0.910. The minimum atomic E-state index is 0.310. The number of carbonyl (C=O) groups excluding carboxylic acids is 1. The Kier molecular flexibility index (Phi) is 3.73. The van der Waals surface area contributed by atoms with Gasteiger partial charge in [-0.2, -0.15) is 0 Å². The Morgan fingerprint density at radius 1 is 1.29 bits per heavy atom. The molecule has 0 saturated carbocycles. The third-order valence-corrected chi connectivity index (χ3v) is 6.15. The molecule has 1 amide bonds. The molecule has 1 aromatic heterocycles. The molecule has 21 heavy (non-hydrogen) atoms. The van der Waals surface area contributed by atoms with Gasteiger partial charge in [0, 0.05) is 43.1 Å². The molecule has 114 valence electrons. The minimum Gasteiger partial charge on any atom is -0.337 e. The van der Waals surface area contributed by atoms with E-state index in [9.17, 15) is 4.79 Å². The first-order valence-electron chi connectivity index (χ1n) is 8.09. The average molecular weight is 305 g/mol. The van der Waals surface area contributed by atoms with E-state index in [0.717, 1.165) is 32.6 Å². The first-order chi connectivity index (χ1) is 10.3. The lowest BCUT2D eigenvalue weighted by atomic mass is 10.1. The van der Waals surface area contributed by atoms with Crippen molar-refractivity contribution in [2.24, 2.45) is 0 Å². The standard InChI is InChI=1S/C16H23N3OS/c20-16(19-7-4-15-12(9-19)5-8-21-15)11-18-6-3-13-1-2-14(10-18)17-13/h5,8,13-14,17H,1-4,6-7,9-11H2. The molecule has 2 bridgehead atoms. The molecule has 0 spiro atoms. The van der Waals surface area contributed by atoms with Gasteiger partial charge in [-0.25, -0.2) is 0 Å². The van der Waals surface area contributed by atoms with Crippen molar-refractivity contribution in [2.45, 2.75) is 44.3 Å². The first-order valence-corrected chi connectivity index (χ1v) is 8.97. The monoisotopic (exact) mass is 305 g/mol. The predicted octanol–water partition coefficient (Wildman–Crippen LogP) is 1.46. The number of thiophene rings is 1. The number of hydrogen-bond donors (Lipinski definition) is 1. The van der Waals surface area contributed by atoms with Crippen molar-refractivity contribution in [3.8, 4) is 0 Å². The molecule has 0 aromatic carbocycles. The molecular weight excluding hydrogens is 282 g/mol. The third-order valence-electron chi connectivity index (χ3n) is 5.13. The lowest BCUT2D eigenvalue weighted by Crippen LogP contribution is -2.44. The van der Waals surface area contributed by atoms with E-state index in [1.165, 1.54) is 29.7 Å². The largest absolute Gasteiger partial charge is 0.337 e. The zero-order valence-electron chi connectivity index (χ0n) is 12.4. The van der Waals surface area contributed by atoms with Crippen molar-refractivity contribution >= 4 is 17.2 Å². The second kappa shape index (κ2) is 5.71. The van der Waals surface area contributed by atoms with Gasteiger partial charge >= 0.3 is 0 Å². The molecule has 3 aliphatic heterocycles. The molecule has 2 saturated heterocycles. The van der Waals surface area contributed by atoms with E-state index in [4.69, 9.17) is 0 Å². The van der Waals surface area contributed by atoms with E-state index in [1.807, 2.05) is 16.2 Å². The minimum absolute atomic E-state index is 0.310. The van der Waals surface area contributed by atoms with Gasteiger partial charge in [-0.3, -0.25) is 9.69 Å². The van der Waals surface area contributed by atoms with Crippen molar-refractivity contribution < 1.29 is 4.79 Å². The molecule has 4 nitrogen and oxygen atoms in total. The lowest BCUT2D eigenvalue weighted by molar-refractivity contribution is -0.133. The summed E-state index contributed by atoms with van der Waals surface area (Å²) in [6.45, 7) is 4.42. The van der Waals surface area contributed by atoms with Crippen molar-refractivity contribution in [2.75, 3.05) is 26.2 Å². The highest BCUT2D eigenvalue weighted by molar-refractivity contribution is 7.10. The Morgan fingerprint density at radius 2 is 2.19 bits per heavy atom. The van der Waals surface area contributed by atoms with Gasteiger partial charge in [0.15, 0.2) is 0 Å². The van der Waals surface area contributed by atoms with Gasteiger partial charge < -0.3 is 10.2 Å². The molecule has 1 aromatic rings. The molecule has 4 heterocycles. The highest BCUT2D eigenvalue weighted by atomic mass is 32.1. The zero-order chi connectivity index (χ0) is 14.2. The fourth-order valence-corrected chi connectivity index (χ4v) is 4.80. The summed E-state index contributed by atoms with van der Waals surface area (Å²) >= 11 is 1.83. The maximum absolute atomic E-state index is 12.6. The third kappa shape index (κ3) is 2.87. The van der Waals surface area contributed by atoms with Crippen molar-refractivity contribution in [3.63, 3.8) is 0 Å². The summed E-state index contributed by atoms with van der Waals surface area (Å²) in [6, 6.07) is 3.47. The number of nitrogens with zero attached hydrogens (tertiary/aromatic N) is 2. The molecule has 1 N–H and O–H groups in total. The van der Waals surface area contributed by atoms with E-state index in [-0.39, 0.29) is 0 Å².